The lowest BCUT2D eigenvalue weighted by molar-refractivity contribution is -0.151. The minimum atomic E-state index is -0.735. The number of Topliss-reactive ketones (excluding diaryl/α,β-unsaturated/α-hetero) is 1. The average molecular weight is 240 g/mol. The third-order valence-corrected chi connectivity index (χ3v) is 3.43. The van der Waals surface area contributed by atoms with Crippen LogP contribution in [-0.2, 0) is 16.0 Å². The average Bonchev–Trinajstić information content (AvgIpc) is 2.21. The lowest BCUT2D eigenvalue weighted by Gasteiger charge is -2.38. The Morgan fingerprint density at radius 2 is 2.12 bits per heavy atom. The summed E-state index contributed by atoms with van der Waals surface area (Å²) in [5.74, 6) is -1.44. The van der Waals surface area contributed by atoms with Gasteiger partial charge in [-0.25, -0.2) is 8.78 Å². The van der Waals surface area contributed by atoms with E-state index >= 15 is 0 Å². The number of ketones is 1. The van der Waals surface area contributed by atoms with Crippen molar-refractivity contribution in [2.24, 2.45) is 0 Å². The number of methoxy groups -OCH3 is 1. The first-order valence-corrected chi connectivity index (χ1v) is 5.60. The maximum Gasteiger partial charge on any atom is 0.169 e. The monoisotopic (exact) mass is 240 g/mol. The number of halogens is 2. The van der Waals surface area contributed by atoms with Crippen molar-refractivity contribution in [3.05, 3.63) is 35.4 Å². The van der Waals surface area contributed by atoms with E-state index < -0.39 is 17.2 Å². The maximum atomic E-state index is 13.4. The van der Waals surface area contributed by atoms with E-state index in [4.69, 9.17) is 4.74 Å². The molecule has 1 fully saturated rings. The SMILES string of the molecule is COC1(C(=O)Cc2ccc(F)cc2F)CCC1. The number of hydrogen-bond acceptors (Lipinski definition) is 2. The van der Waals surface area contributed by atoms with Gasteiger partial charge in [0, 0.05) is 19.6 Å². The van der Waals surface area contributed by atoms with Crippen molar-refractivity contribution >= 4 is 5.78 Å². The number of carbonyl (C=O) groups excluding carboxylic acids is 1. The molecule has 2 rings (SSSR count). The van der Waals surface area contributed by atoms with Crippen LogP contribution in [0.5, 0.6) is 0 Å². The van der Waals surface area contributed by atoms with Crippen molar-refractivity contribution < 1.29 is 18.3 Å². The van der Waals surface area contributed by atoms with E-state index in [1.807, 2.05) is 0 Å². The first kappa shape index (κ1) is 12.2. The zero-order valence-corrected chi connectivity index (χ0v) is 9.63. The molecule has 0 saturated heterocycles. The van der Waals surface area contributed by atoms with Crippen LogP contribution in [0.4, 0.5) is 8.78 Å². The molecule has 0 radical (unpaired) electrons. The fourth-order valence-corrected chi connectivity index (χ4v) is 2.09. The van der Waals surface area contributed by atoms with Crippen LogP contribution in [0, 0.1) is 11.6 Å². The normalized spacial score (nSPS) is 17.6. The van der Waals surface area contributed by atoms with Crippen molar-refractivity contribution in [3.8, 4) is 0 Å². The molecular weight excluding hydrogens is 226 g/mol. The van der Waals surface area contributed by atoms with Crippen LogP contribution in [0.3, 0.4) is 0 Å². The fraction of sp³-hybridized carbons (Fsp3) is 0.462. The van der Waals surface area contributed by atoms with E-state index in [2.05, 4.69) is 0 Å². The van der Waals surface area contributed by atoms with Gasteiger partial charge in [-0.15, -0.1) is 0 Å². The highest BCUT2D eigenvalue weighted by Crippen LogP contribution is 2.36. The van der Waals surface area contributed by atoms with Crippen LogP contribution >= 0.6 is 0 Å². The molecule has 1 aliphatic rings. The van der Waals surface area contributed by atoms with Crippen LogP contribution in [0.2, 0.25) is 0 Å². The van der Waals surface area contributed by atoms with Gasteiger partial charge in [-0.3, -0.25) is 4.79 Å². The highest BCUT2D eigenvalue weighted by molar-refractivity contribution is 5.90. The molecule has 0 heterocycles. The Morgan fingerprint density at radius 3 is 2.59 bits per heavy atom. The summed E-state index contributed by atoms with van der Waals surface area (Å²) in [6.07, 6.45) is 2.28. The van der Waals surface area contributed by atoms with E-state index in [1.165, 1.54) is 13.2 Å². The van der Waals surface area contributed by atoms with Crippen LogP contribution in [0.15, 0.2) is 18.2 Å². The Balaban J connectivity index is 2.13. The van der Waals surface area contributed by atoms with E-state index in [-0.39, 0.29) is 17.8 Å². The quantitative estimate of drug-likeness (QED) is 0.808. The molecule has 0 unspecified atom stereocenters. The molecule has 92 valence electrons. The minimum Gasteiger partial charge on any atom is -0.370 e. The summed E-state index contributed by atoms with van der Waals surface area (Å²) in [4.78, 5) is 12.0. The zero-order chi connectivity index (χ0) is 12.5. The Labute approximate surface area is 98.6 Å². The maximum absolute atomic E-state index is 13.4. The molecular formula is C13H14F2O2. The lowest BCUT2D eigenvalue weighted by Crippen LogP contribution is -2.47. The van der Waals surface area contributed by atoms with Gasteiger partial charge < -0.3 is 4.74 Å². The summed E-state index contributed by atoms with van der Waals surface area (Å²) < 4.78 is 31.3. The Bertz CT molecular complexity index is 434. The van der Waals surface area contributed by atoms with Crippen LogP contribution in [0.1, 0.15) is 24.8 Å². The molecule has 1 saturated carbocycles. The van der Waals surface area contributed by atoms with Crippen LogP contribution in [-0.4, -0.2) is 18.5 Å². The number of benzene rings is 1. The third-order valence-electron chi connectivity index (χ3n) is 3.43. The third kappa shape index (κ3) is 2.22. The van der Waals surface area contributed by atoms with Gasteiger partial charge in [-0.2, -0.15) is 0 Å². The van der Waals surface area contributed by atoms with Crippen molar-refractivity contribution in [2.45, 2.75) is 31.3 Å². The molecule has 0 aliphatic heterocycles. The van der Waals surface area contributed by atoms with Gasteiger partial charge in [0.1, 0.15) is 17.2 Å². The fourth-order valence-electron chi connectivity index (χ4n) is 2.09. The van der Waals surface area contributed by atoms with Gasteiger partial charge in [0.2, 0.25) is 0 Å². The molecule has 0 atom stereocenters. The number of carbonyl (C=O) groups is 1. The van der Waals surface area contributed by atoms with Gasteiger partial charge in [0.15, 0.2) is 5.78 Å². The smallest absolute Gasteiger partial charge is 0.169 e. The molecule has 0 bridgehead atoms. The zero-order valence-electron chi connectivity index (χ0n) is 9.63. The molecule has 0 aromatic heterocycles. The van der Waals surface area contributed by atoms with Crippen LogP contribution in [0.25, 0.3) is 0 Å². The Kier molecular flexibility index (Phi) is 3.24. The molecule has 1 aromatic rings. The summed E-state index contributed by atoms with van der Waals surface area (Å²) in [5.41, 5.74) is -0.513. The molecule has 0 amide bonds. The molecule has 0 N–H and O–H groups in total. The van der Waals surface area contributed by atoms with Gasteiger partial charge in [0.05, 0.1) is 0 Å². The van der Waals surface area contributed by atoms with E-state index in [0.29, 0.717) is 12.8 Å². The minimum absolute atomic E-state index is 0.0417. The van der Waals surface area contributed by atoms with Crippen molar-refractivity contribution in [3.63, 3.8) is 0 Å². The second-order valence-electron chi connectivity index (χ2n) is 4.39. The van der Waals surface area contributed by atoms with Crippen molar-refractivity contribution in [1.82, 2.24) is 0 Å². The summed E-state index contributed by atoms with van der Waals surface area (Å²) in [7, 11) is 1.50. The Hall–Kier alpha value is -1.29. The van der Waals surface area contributed by atoms with Gasteiger partial charge in [0.25, 0.3) is 0 Å². The highest BCUT2D eigenvalue weighted by Gasteiger charge is 2.43. The predicted molar refractivity (Wildman–Crippen MR) is 58.7 cm³/mol. The molecule has 17 heavy (non-hydrogen) atoms. The van der Waals surface area contributed by atoms with Crippen molar-refractivity contribution in [2.75, 3.05) is 7.11 Å². The number of ether oxygens (including phenoxy) is 1. The largest absolute Gasteiger partial charge is 0.370 e. The summed E-state index contributed by atoms with van der Waals surface area (Å²) in [6.45, 7) is 0. The Morgan fingerprint density at radius 1 is 1.41 bits per heavy atom. The van der Waals surface area contributed by atoms with Gasteiger partial charge in [-0.1, -0.05) is 6.07 Å². The molecule has 1 aliphatic carbocycles. The second kappa shape index (κ2) is 4.53. The van der Waals surface area contributed by atoms with Gasteiger partial charge in [-0.05, 0) is 30.9 Å². The van der Waals surface area contributed by atoms with E-state index in [9.17, 15) is 13.6 Å². The topological polar surface area (TPSA) is 26.3 Å². The first-order chi connectivity index (χ1) is 8.07. The number of hydrogen-bond donors (Lipinski definition) is 0. The van der Waals surface area contributed by atoms with E-state index in [1.54, 1.807) is 0 Å². The molecule has 0 spiro atoms. The van der Waals surface area contributed by atoms with Gasteiger partial charge >= 0.3 is 0 Å². The van der Waals surface area contributed by atoms with Crippen LogP contribution < -0.4 is 0 Å². The van der Waals surface area contributed by atoms with E-state index in [0.717, 1.165) is 18.6 Å². The summed E-state index contributed by atoms with van der Waals surface area (Å²) in [5, 5.41) is 0. The standard InChI is InChI=1S/C13H14F2O2/c1-17-13(5-2-6-13)12(16)7-9-3-4-10(14)8-11(9)15/h3-4,8H,2,5-7H2,1H3. The molecule has 1 aromatic carbocycles. The van der Waals surface area contributed by atoms with Crippen molar-refractivity contribution in [1.29, 1.82) is 0 Å². The second-order valence-corrected chi connectivity index (χ2v) is 4.39. The molecule has 4 heteroatoms. The summed E-state index contributed by atoms with van der Waals surface area (Å²) >= 11 is 0. The number of rotatable bonds is 4. The predicted octanol–water partition coefficient (Wildman–Crippen LogP) is 2.65. The molecule has 2 nitrogen and oxygen atoms in total. The summed E-state index contributed by atoms with van der Waals surface area (Å²) in [6, 6.07) is 3.26. The first-order valence-electron chi connectivity index (χ1n) is 5.60. The highest BCUT2D eigenvalue weighted by atomic mass is 19.1. The lowest BCUT2D eigenvalue weighted by atomic mass is 9.75.